The molecule has 1 atom stereocenters. The summed E-state index contributed by atoms with van der Waals surface area (Å²) in [7, 11) is 0. The summed E-state index contributed by atoms with van der Waals surface area (Å²) in [4.78, 5) is 7.01. The quantitative estimate of drug-likeness (QED) is 0.907. The number of aromatic amines is 1. The highest BCUT2D eigenvalue weighted by Gasteiger charge is 2.31. The summed E-state index contributed by atoms with van der Waals surface area (Å²) in [6, 6.07) is 9.57. The van der Waals surface area contributed by atoms with Crippen LogP contribution in [0.5, 0.6) is 0 Å². The number of rotatable bonds is 2. The number of benzene rings is 1. The van der Waals surface area contributed by atoms with Gasteiger partial charge in [0.05, 0.1) is 0 Å². The molecule has 1 aromatic heterocycles. The number of hydrogen-bond donors (Lipinski definition) is 1. The Morgan fingerprint density at radius 1 is 1.15 bits per heavy atom. The third-order valence-electron chi connectivity index (χ3n) is 4.82. The minimum atomic E-state index is 0.523. The third-order valence-corrected chi connectivity index (χ3v) is 4.82. The third kappa shape index (κ3) is 2.14. The van der Waals surface area contributed by atoms with Gasteiger partial charge in [-0.15, -0.1) is 0 Å². The molecular formula is C16H20N4. The molecule has 20 heavy (non-hydrogen) atoms. The predicted octanol–water partition coefficient (Wildman–Crippen LogP) is 2.15. The largest absolute Gasteiger partial charge is 0.299 e. The highest BCUT2D eigenvalue weighted by Crippen LogP contribution is 2.31. The molecule has 104 valence electrons. The number of piperidine rings is 1. The molecule has 0 radical (unpaired) electrons. The molecular weight excluding hydrogens is 248 g/mol. The lowest BCUT2D eigenvalue weighted by atomic mass is 9.95. The van der Waals surface area contributed by atoms with Crippen molar-refractivity contribution in [2.75, 3.05) is 13.1 Å². The molecule has 4 heteroatoms. The van der Waals surface area contributed by atoms with Crippen molar-refractivity contribution in [1.29, 1.82) is 0 Å². The lowest BCUT2D eigenvalue weighted by Gasteiger charge is -2.36. The average molecular weight is 268 g/mol. The van der Waals surface area contributed by atoms with E-state index in [0.29, 0.717) is 12.0 Å². The van der Waals surface area contributed by atoms with E-state index >= 15 is 0 Å². The Bertz CT molecular complexity index is 553. The van der Waals surface area contributed by atoms with Gasteiger partial charge in [-0.05, 0) is 43.4 Å². The summed E-state index contributed by atoms with van der Waals surface area (Å²) in [5.74, 6) is 1.58. The fraction of sp³-hybridized carbons (Fsp3) is 0.500. The molecule has 2 aliphatic rings. The lowest BCUT2D eigenvalue weighted by molar-refractivity contribution is 0.149. The van der Waals surface area contributed by atoms with Gasteiger partial charge in [-0.1, -0.05) is 24.3 Å². The minimum Gasteiger partial charge on any atom is -0.299 e. The smallest absolute Gasteiger partial charge is 0.137 e. The van der Waals surface area contributed by atoms with Crippen LogP contribution in [0.3, 0.4) is 0 Å². The second-order valence-electron chi connectivity index (χ2n) is 6.04. The van der Waals surface area contributed by atoms with E-state index in [0.717, 1.165) is 12.4 Å². The van der Waals surface area contributed by atoms with E-state index in [2.05, 4.69) is 44.3 Å². The molecule has 1 aliphatic carbocycles. The Hall–Kier alpha value is -1.68. The van der Waals surface area contributed by atoms with Gasteiger partial charge in [0.2, 0.25) is 0 Å². The summed E-state index contributed by atoms with van der Waals surface area (Å²) in [6.45, 7) is 2.34. The second kappa shape index (κ2) is 5.02. The lowest BCUT2D eigenvalue weighted by Crippen LogP contribution is -2.42. The highest BCUT2D eigenvalue weighted by molar-refractivity contribution is 5.33. The van der Waals surface area contributed by atoms with E-state index in [1.807, 2.05) is 0 Å². The molecule has 4 nitrogen and oxygen atoms in total. The molecule has 1 saturated heterocycles. The first-order valence-corrected chi connectivity index (χ1v) is 7.56. The van der Waals surface area contributed by atoms with Gasteiger partial charge in [0.1, 0.15) is 12.2 Å². The van der Waals surface area contributed by atoms with E-state index in [1.54, 1.807) is 17.5 Å². The van der Waals surface area contributed by atoms with Crippen LogP contribution < -0.4 is 0 Å². The normalized spacial score (nSPS) is 23.9. The highest BCUT2D eigenvalue weighted by atomic mass is 15.2. The number of likely N-dealkylation sites (tertiary alicyclic amines) is 1. The van der Waals surface area contributed by atoms with Gasteiger partial charge in [0.15, 0.2) is 0 Å². The van der Waals surface area contributed by atoms with Crippen molar-refractivity contribution in [2.24, 2.45) is 0 Å². The summed E-state index contributed by atoms with van der Waals surface area (Å²) in [6.07, 6.45) is 6.53. The number of hydrogen-bond acceptors (Lipinski definition) is 3. The van der Waals surface area contributed by atoms with Crippen LogP contribution in [0.1, 0.15) is 35.7 Å². The maximum absolute atomic E-state index is 4.35. The van der Waals surface area contributed by atoms with E-state index in [1.165, 1.54) is 32.2 Å². The number of aromatic nitrogens is 3. The zero-order valence-electron chi connectivity index (χ0n) is 11.6. The summed E-state index contributed by atoms with van der Waals surface area (Å²) >= 11 is 0. The SMILES string of the molecule is c1ccc2c(c1)CC(N1CCC[C@@H](c3ncn[nH]3)C1)C2. The topological polar surface area (TPSA) is 44.8 Å². The molecule has 1 N–H and O–H groups in total. The molecule has 0 bridgehead atoms. The van der Waals surface area contributed by atoms with Crippen molar-refractivity contribution >= 4 is 0 Å². The van der Waals surface area contributed by atoms with Crippen LogP contribution in [-0.4, -0.2) is 39.2 Å². The maximum Gasteiger partial charge on any atom is 0.137 e. The molecule has 2 heterocycles. The molecule has 1 aromatic carbocycles. The van der Waals surface area contributed by atoms with E-state index in [4.69, 9.17) is 0 Å². The van der Waals surface area contributed by atoms with Gasteiger partial charge in [0.25, 0.3) is 0 Å². The van der Waals surface area contributed by atoms with Crippen molar-refractivity contribution in [1.82, 2.24) is 20.1 Å². The van der Waals surface area contributed by atoms with E-state index < -0.39 is 0 Å². The standard InChI is InChI=1S/C16H20N4/c1-2-5-13-9-15(8-12(13)4-1)20-7-3-6-14(10-20)16-17-11-18-19-16/h1-2,4-5,11,14-15H,3,6-10H2,(H,17,18,19)/t14-/m1/s1. The van der Waals surface area contributed by atoms with Crippen LogP contribution in [0.15, 0.2) is 30.6 Å². The summed E-state index contributed by atoms with van der Waals surface area (Å²) in [5.41, 5.74) is 3.08. The van der Waals surface area contributed by atoms with E-state index in [-0.39, 0.29) is 0 Å². The minimum absolute atomic E-state index is 0.523. The van der Waals surface area contributed by atoms with Crippen molar-refractivity contribution in [2.45, 2.75) is 37.6 Å². The summed E-state index contributed by atoms with van der Waals surface area (Å²) < 4.78 is 0. The maximum atomic E-state index is 4.35. The van der Waals surface area contributed by atoms with Crippen LogP contribution in [-0.2, 0) is 12.8 Å². The van der Waals surface area contributed by atoms with Crippen LogP contribution in [0.25, 0.3) is 0 Å². The molecule has 0 amide bonds. The molecule has 4 rings (SSSR count). The molecule has 1 aliphatic heterocycles. The Kier molecular flexibility index (Phi) is 3.03. The first-order valence-electron chi connectivity index (χ1n) is 7.56. The average Bonchev–Trinajstić information content (AvgIpc) is 3.16. The fourth-order valence-electron chi connectivity index (χ4n) is 3.77. The Morgan fingerprint density at radius 2 is 1.95 bits per heavy atom. The number of nitrogens with zero attached hydrogens (tertiary/aromatic N) is 3. The molecule has 1 fully saturated rings. The number of nitrogens with one attached hydrogen (secondary N) is 1. The van der Waals surface area contributed by atoms with Crippen LogP contribution in [0, 0.1) is 0 Å². The number of fused-ring (bicyclic) bond motifs is 1. The Labute approximate surface area is 119 Å². The van der Waals surface area contributed by atoms with Gasteiger partial charge < -0.3 is 0 Å². The van der Waals surface area contributed by atoms with Gasteiger partial charge in [-0.25, -0.2) is 4.98 Å². The van der Waals surface area contributed by atoms with Gasteiger partial charge >= 0.3 is 0 Å². The van der Waals surface area contributed by atoms with E-state index in [9.17, 15) is 0 Å². The van der Waals surface area contributed by atoms with Crippen LogP contribution in [0.2, 0.25) is 0 Å². The molecule has 0 spiro atoms. The Balaban J connectivity index is 1.47. The van der Waals surface area contributed by atoms with Crippen molar-refractivity contribution in [3.63, 3.8) is 0 Å². The van der Waals surface area contributed by atoms with Gasteiger partial charge in [0, 0.05) is 18.5 Å². The molecule has 2 aromatic rings. The fourth-order valence-corrected chi connectivity index (χ4v) is 3.77. The van der Waals surface area contributed by atoms with Crippen molar-refractivity contribution in [3.8, 4) is 0 Å². The monoisotopic (exact) mass is 268 g/mol. The zero-order chi connectivity index (χ0) is 13.4. The van der Waals surface area contributed by atoms with Crippen LogP contribution in [0.4, 0.5) is 0 Å². The predicted molar refractivity (Wildman–Crippen MR) is 77.6 cm³/mol. The first-order chi connectivity index (χ1) is 9.90. The zero-order valence-corrected chi connectivity index (χ0v) is 11.6. The van der Waals surface area contributed by atoms with Gasteiger partial charge in [-0.2, -0.15) is 5.10 Å². The first kappa shape index (κ1) is 12.1. The Morgan fingerprint density at radius 3 is 2.65 bits per heavy atom. The van der Waals surface area contributed by atoms with Crippen molar-refractivity contribution < 1.29 is 0 Å². The second-order valence-corrected chi connectivity index (χ2v) is 6.04. The summed E-state index contributed by atoms with van der Waals surface area (Å²) in [5, 5.41) is 7.05. The number of H-pyrrole nitrogens is 1. The molecule has 0 saturated carbocycles. The van der Waals surface area contributed by atoms with Crippen LogP contribution >= 0.6 is 0 Å². The van der Waals surface area contributed by atoms with Crippen molar-refractivity contribution in [3.05, 3.63) is 47.5 Å². The van der Waals surface area contributed by atoms with Gasteiger partial charge in [-0.3, -0.25) is 10.00 Å². The molecule has 0 unspecified atom stereocenters.